The maximum atomic E-state index is 12.4. The van der Waals surface area contributed by atoms with Crippen LogP contribution in [-0.2, 0) is 0 Å². The molecule has 0 aromatic heterocycles. The van der Waals surface area contributed by atoms with Gasteiger partial charge in [0.15, 0.2) is 5.75 Å². The summed E-state index contributed by atoms with van der Waals surface area (Å²) in [5, 5.41) is 13.5. The number of alkyl halides is 3. The Morgan fingerprint density at radius 2 is 1.76 bits per heavy atom. The Balaban J connectivity index is 2.28. The highest BCUT2D eigenvalue weighted by Gasteiger charge is 2.37. The molecule has 0 heterocycles. The van der Waals surface area contributed by atoms with Crippen LogP contribution in [0.4, 0.5) is 5.69 Å². The Hall–Kier alpha value is -2.02. The maximum Gasteiger partial charge on any atom is 0.311 e. The second-order valence-corrected chi connectivity index (χ2v) is 7.42. The Morgan fingerprint density at radius 1 is 1.16 bits per heavy atom. The van der Waals surface area contributed by atoms with Crippen molar-refractivity contribution in [1.29, 1.82) is 0 Å². The van der Waals surface area contributed by atoms with Gasteiger partial charge in [-0.1, -0.05) is 65.1 Å². The van der Waals surface area contributed by atoms with E-state index < -0.39 is 20.9 Å². The number of nitro benzene ring substituents is 1. The second kappa shape index (κ2) is 7.91. The lowest BCUT2D eigenvalue weighted by atomic mass is 10.1. The summed E-state index contributed by atoms with van der Waals surface area (Å²) in [5.74, 6) is -0.665. The SMILES string of the molecule is Cc1ccccc1C(=O)NC(Oc1ccccc1[N+](=O)[O-])C(Cl)(Cl)Cl. The molecule has 0 radical (unpaired) electrons. The predicted octanol–water partition coefficient (Wildman–Crippen LogP) is 4.41. The molecule has 2 aromatic carbocycles. The van der Waals surface area contributed by atoms with E-state index in [9.17, 15) is 14.9 Å². The van der Waals surface area contributed by atoms with Gasteiger partial charge in [-0.2, -0.15) is 0 Å². The van der Waals surface area contributed by atoms with Crippen molar-refractivity contribution in [2.75, 3.05) is 0 Å². The molecule has 6 nitrogen and oxygen atoms in total. The molecule has 0 spiro atoms. The highest BCUT2D eigenvalue weighted by atomic mass is 35.6. The average Bonchev–Trinajstić information content (AvgIpc) is 2.54. The maximum absolute atomic E-state index is 12.4. The molecule has 0 saturated heterocycles. The molecule has 2 aromatic rings. The summed E-state index contributed by atoms with van der Waals surface area (Å²) in [4.78, 5) is 22.9. The smallest absolute Gasteiger partial charge is 0.311 e. The molecule has 132 valence electrons. The normalized spacial score (nSPS) is 12.3. The molecule has 9 heteroatoms. The molecule has 25 heavy (non-hydrogen) atoms. The van der Waals surface area contributed by atoms with Crippen LogP contribution in [0.3, 0.4) is 0 Å². The number of para-hydroxylation sites is 2. The first-order chi connectivity index (χ1) is 11.7. The number of nitrogens with one attached hydrogen (secondary N) is 1. The van der Waals surface area contributed by atoms with Crippen molar-refractivity contribution in [2.24, 2.45) is 0 Å². The highest BCUT2D eigenvalue weighted by molar-refractivity contribution is 6.68. The number of hydrogen-bond acceptors (Lipinski definition) is 4. The minimum absolute atomic E-state index is 0.131. The third-order valence-electron chi connectivity index (χ3n) is 3.26. The van der Waals surface area contributed by atoms with E-state index in [0.29, 0.717) is 11.1 Å². The van der Waals surface area contributed by atoms with Crippen LogP contribution >= 0.6 is 34.8 Å². The fraction of sp³-hybridized carbons (Fsp3) is 0.188. The van der Waals surface area contributed by atoms with Crippen molar-refractivity contribution in [3.8, 4) is 5.75 Å². The summed E-state index contributed by atoms with van der Waals surface area (Å²) < 4.78 is 3.38. The number of aryl methyl sites for hydroxylation is 1. The van der Waals surface area contributed by atoms with E-state index in [4.69, 9.17) is 39.5 Å². The highest BCUT2D eigenvalue weighted by Crippen LogP contribution is 2.35. The van der Waals surface area contributed by atoms with Gasteiger partial charge in [-0.15, -0.1) is 0 Å². The van der Waals surface area contributed by atoms with E-state index in [1.165, 1.54) is 24.3 Å². The number of ether oxygens (including phenoxy) is 1. The summed E-state index contributed by atoms with van der Waals surface area (Å²) in [5.41, 5.74) is 0.772. The lowest BCUT2D eigenvalue weighted by Crippen LogP contribution is -2.48. The second-order valence-electron chi connectivity index (χ2n) is 5.05. The number of amides is 1. The Bertz CT molecular complexity index is 793. The number of halogens is 3. The van der Waals surface area contributed by atoms with Gasteiger partial charge in [0.25, 0.3) is 5.91 Å². The average molecular weight is 404 g/mol. The van der Waals surface area contributed by atoms with Crippen molar-refractivity contribution < 1.29 is 14.5 Å². The van der Waals surface area contributed by atoms with Crippen LogP contribution < -0.4 is 10.1 Å². The molecular weight excluding hydrogens is 391 g/mol. The summed E-state index contributed by atoms with van der Waals surface area (Å²) >= 11 is 17.6. The third kappa shape index (κ3) is 4.98. The van der Waals surface area contributed by atoms with Crippen molar-refractivity contribution in [3.05, 3.63) is 69.8 Å². The summed E-state index contributed by atoms with van der Waals surface area (Å²) in [6.07, 6.45) is -1.44. The Morgan fingerprint density at radius 3 is 2.36 bits per heavy atom. The van der Waals surface area contributed by atoms with E-state index >= 15 is 0 Å². The fourth-order valence-electron chi connectivity index (χ4n) is 2.04. The topological polar surface area (TPSA) is 81.5 Å². The molecular formula is C16H13Cl3N2O4. The van der Waals surface area contributed by atoms with Crippen molar-refractivity contribution >= 4 is 46.4 Å². The van der Waals surface area contributed by atoms with Gasteiger partial charge in [-0.05, 0) is 24.6 Å². The van der Waals surface area contributed by atoms with Crippen LogP contribution in [0, 0.1) is 17.0 Å². The first kappa shape index (κ1) is 19.3. The molecule has 1 unspecified atom stereocenters. The van der Waals surface area contributed by atoms with E-state index in [2.05, 4.69) is 5.32 Å². The minimum atomic E-state index is -2.05. The van der Waals surface area contributed by atoms with Crippen molar-refractivity contribution in [1.82, 2.24) is 5.32 Å². The number of carbonyl (C=O) groups is 1. The number of benzene rings is 2. The van der Waals surface area contributed by atoms with Crippen LogP contribution in [0.25, 0.3) is 0 Å². The first-order valence-electron chi connectivity index (χ1n) is 7.03. The van der Waals surface area contributed by atoms with E-state index in [-0.39, 0.29) is 11.4 Å². The lowest BCUT2D eigenvalue weighted by molar-refractivity contribution is -0.386. The number of hydrogen-bond donors (Lipinski definition) is 1. The summed E-state index contributed by atoms with van der Waals surface area (Å²) in [7, 11) is 0. The van der Waals surface area contributed by atoms with Gasteiger partial charge in [0, 0.05) is 11.6 Å². The van der Waals surface area contributed by atoms with Crippen molar-refractivity contribution in [2.45, 2.75) is 16.9 Å². The standard InChI is InChI=1S/C16H13Cl3N2O4/c1-10-6-2-3-7-11(10)14(22)20-15(16(17,18)19)25-13-9-5-4-8-12(13)21(23)24/h2-9,15H,1H3,(H,20,22). The van der Waals surface area contributed by atoms with Gasteiger partial charge in [0.05, 0.1) is 4.92 Å². The van der Waals surface area contributed by atoms with Gasteiger partial charge in [-0.25, -0.2) is 0 Å². The van der Waals surface area contributed by atoms with E-state index in [1.54, 1.807) is 31.2 Å². The van der Waals surface area contributed by atoms with Gasteiger partial charge < -0.3 is 10.1 Å². The van der Waals surface area contributed by atoms with Crippen molar-refractivity contribution in [3.63, 3.8) is 0 Å². The van der Waals surface area contributed by atoms with Crippen LogP contribution in [0.5, 0.6) is 5.75 Å². The zero-order valence-electron chi connectivity index (χ0n) is 12.9. The largest absolute Gasteiger partial charge is 0.459 e. The van der Waals surface area contributed by atoms with Crippen LogP contribution in [0.15, 0.2) is 48.5 Å². The van der Waals surface area contributed by atoms with Crippen LogP contribution in [-0.4, -0.2) is 20.9 Å². The van der Waals surface area contributed by atoms with Gasteiger partial charge in [0.2, 0.25) is 10.0 Å². The van der Waals surface area contributed by atoms with E-state index in [0.717, 1.165) is 0 Å². The molecule has 0 saturated carbocycles. The van der Waals surface area contributed by atoms with E-state index in [1.807, 2.05) is 0 Å². The third-order valence-corrected chi connectivity index (χ3v) is 3.85. The molecule has 1 atom stereocenters. The molecule has 0 aliphatic carbocycles. The van der Waals surface area contributed by atoms with Gasteiger partial charge in [0.1, 0.15) is 0 Å². The molecule has 0 aliphatic rings. The number of nitro groups is 1. The Labute approximate surface area is 158 Å². The monoisotopic (exact) mass is 402 g/mol. The molecule has 0 fully saturated rings. The molecule has 0 bridgehead atoms. The number of nitrogens with zero attached hydrogens (tertiary/aromatic N) is 1. The fourth-order valence-corrected chi connectivity index (χ4v) is 2.33. The minimum Gasteiger partial charge on any atom is -0.459 e. The van der Waals surface area contributed by atoms with Crippen LogP contribution in [0.2, 0.25) is 0 Å². The molecule has 1 N–H and O–H groups in total. The zero-order valence-corrected chi connectivity index (χ0v) is 15.2. The summed E-state index contributed by atoms with van der Waals surface area (Å²) in [6, 6.07) is 12.4. The van der Waals surface area contributed by atoms with Gasteiger partial charge in [-0.3, -0.25) is 14.9 Å². The Kier molecular flexibility index (Phi) is 6.11. The zero-order chi connectivity index (χ0) is 18.6. The van der Waals surface area contributed by atoms with Gasteiger partial charge >= 0.3 is 5.69 Å². The first-order valence-corrected chi connectivity index (χ1v) is 8.17. The lowest BCUT2D eigenvalue weighted by Gasteiger charge is -2.26. The summed E-state index contributed by atoms with van der Waals surface area (Å²) in [6.45, 7) is 1.75. The molecule has 0 aliphatic heterocycles. The predicted molar refractivity (Wildman–Crippen MR) is 96.4 cm³/mol. The quantitative estimate of drug-likeness (QED) is 0.347. The molecule has 2 rings (SSSR count). The number of rotatable bonds is 5. The molecule has 1 amide bonds. The number of carbonyl (C=O) groups excluding carboxylic acids is 1. The van der Waals surface area contributed by atoms with Crippen LogP contribution in [0.1, 0.15) is 15.9 Å².